The monoisotopic (exact) mass is 378 g/mol. The van der Waals surface area contributed by atoms with Crippen LogP contribution in [0.25, 0.3) is 0 Å². The molecule has 1 rings (SSSR count). The van der Waals surface area contributed by atoms with E-state index in [4.69, 9.17) is 11.6 Å². The minimum Gasteiger partial charge on any atom is -0.393 e. The summed E-state index contributed by atoms with van der Waals surface area (Å²) < 4.78 is 0. The van der Waals surface area contributed by atoms with Gasteiger partial charge in [0.15, 0.2) is 0 Å². The molecule has 25 heavy (non-hydrogen) atoms. The van der Waals surface area contributed by atoms with E-state index in [1.54, 1.807) is 0 Å². The summed E-state index contributed by atoms with van der Waals surface area (Å²) >= 11 is 7.75. The minimum absolute atomic E-state index is 0.0754. The molecule has 0 saturated heterocycles. The van der Waals surface area contributed by atoms with Gasteiger partial charge >= 0.3 is 0 Å². The molecular weight excluding hydrogens is 348 g/mol. The van der Waals surface area contributed by atoms with Crippen molar-refractivity contribution in [2.45, 2.75) is 63.2 Å². The molecule has 0 bridgehead atoms. The van der Waals surface area contributed by atoms with Crippen molar-refractivity contribution in [1.29, 1.82) is 0 Å². The standard InChI is InChI=1S/C22H31ClOS/c1-6-9-17(22(3,4)5)10-8-11-19(24)16-20(7-2)25-21-14-12-18(23)13-15-21/h6,8-10,12-15,19-20,24H,1,7,11,16H2,2-5H3/b10-8-,17-9+. The van der Waals surface area contributed by atoms with Crippen LogP contribution in [-0.2, 0) is 0 Å². The molecule has 138 valence electrons. The number of halogens is 1. The summed E-state index contributed by atoms with van der Waals surface area (Å²) in [4.78, 5) is 1.20. The van der Waals surface area contributed by atoms with Crippen LogP contribution in [0.1, 0.15) is 47.0 Å². The maximum absolute atomic E-state index is 10.4. The van der Waals surface area contributed by atoms with Crippen LogP contribution in [0.3, 0.4) is 0 Å². The molecule has 2 unspecified atom stereocenters. The van der Waals surface area contributed by atoms with Gasteiger partial charge in [-0.25, -0.2) is 0 Å². The Hall–Kier alpha value is -0.960. The Kier molecular flexibility index (Phi) is 9.63. The van der Waals surface area contributed by atoms with Gasteiger partial charge in [0.25, 0.3) is 0 Å². The van der Waals surface area contributed by atoms with Crippen molar-refractivity contribution in [3.8, 4) is 0 Å². The summed E-state index contributed by atoms with van der Waals surface area (Å²) in [6, 6.07) is 7.90. The minimum atomic E-state index is -0.328. The van der Waals surface area contributed by atoms with Crippen molar-refractivity contribution in [2.24, 2.45) is 5.41 Å². The molecule has 0 spiro atoms. The van der Waals surface area contributed by atoms with Gasteiger partial charge in [0.05, 0.1) is 6.10 Å². The second kappa shape index (κ2) is 10.9. The molecular formula is C22H31ClOS. The van der Waals surface area contributed by atoms with Crippen LogP contribution in [0.4, 0.5) is 0 Å². The van der Waals surface area contributed by atoms with Gasteiger partial charge in [-0.2, -0.15) is 0 Å². The molecule has 1 N–H and O–H groups in total. The first-order valence-electron chi connectivity index (χ1n) is 8.86. The van der Waals surface area contributed by atoms with E-state index >= 15 is 0 Å². The van der Waals surface area contributed by atoms with E-state index < -0.39 is 0 Å². The molecule has 0 saturated carbocycles. The maximum Gasteiger partial charge on any atom is 0.0585 e. The molecule has 0 aliphatic heterocycles. The van der Waals surface area contributed by atoms with E-state index in [9.17, 15) is 5.11 Å². The van der Waals surface area contributed by atoms with Gasteiger partial charge in [0, 0.05) is 15.2 Å². The first kappa shape index (κ1) is 22.1. The number of hydrogen-bond acceptors (Lipinski definition) is 2. The largest absolute Gasteiger partial charge is 0.393 e. The molecule has 1 aromatic carbocycles. The smallest absolute Gasteiger partial charge is 0.0585 e. The van der Waals surface area contributed by atoms with Crippen molar-refractivity contribution in [1.82, 2.24) is 0 Å². The molecule has 0 aromatic heterocycles. The van der Waals surface area contributed by atoms with E-state index in [1.165, 1.54) is 10.5 Å². The average molecular weight is 379 g/mol. The zero-order valence-corrected chi connectivity index (χ0v) is 17.4. The summed E-state index contributed by atoms with van der Waals surface area (Å²) in [6.07, 6.45) is 10.2. The van der Waals surface area contributed by atoms with E-state index in [0.29, 0.717) is 11.7 Å². The molecule has 0 fully saturated rings. The van der Waals surface area contributed by atoms with Crippen molar-refractivity contribution in [3.05, 3.63) is 65.7 Å². The first-order chi connectivity index (χ1) is 11.8. The predicted octanol–water partition coefficient (Wildman–Crippen LogP) is 7.07. The lowest BCUT2D eigenvalue weighted by Crippen LogP contribution is -2.14. The molecule has 1 aromatic rings. The summed E-state index contributed by atoms with van der Waals surface area (Å²) in [5, 5.41) is 11.5. The van der Waals surface area contributed by atoms with Crippen molar-refractivity contribution < 1.29 is 5.11 Å². The highest BCUT2D eigenvalue weighted by Gasteiger charge is 2.15. The van der Waals surface area contributed by atoms with Gasteiger partial charge in [0.2, 0.25) is 0 Å². The van der Waals surface area contributed by atoms with Crippen molar-refractivity contribution in [2.75, 3.05) is 0 Å². The zero-order valence-electron chi connectivity index (χ0n) is 15.8. The van der Waals surface area contributed by atoms with E-state index in [1.807, 2.05) is 48.2 Å². The van der Waals surface area contributed by atoms with Crippen LogP contribution in [0, 0.1) is 5.41 Å². The second-order valence-electron chi connectivity index (χ2n) is 7.24. The Morgan fingerprint density at radius 1 is 1.28 bits per heavy atom. The molecule has 1 nitrogen and oxygen atoms in total. The third-order valence-electron chi connectivity index (χ3n) is 3.98. The normalized spacial score (nSPS) is 15.4. The molecule has 0 aliphatic carbocycles. The molecule has 0 aliphatic rings. The topological polar surface area (TPSA) is 20.2 Å². The van der Waals surface area contributed by atoms with Crippen LogP contribution in [0.2, 0.25) is 5.02 Å². The van der Waals surface area contributed by atoms with Crippen LogP contribution < -0.4 is 0 Å². The molecule has 3 heteroatoms. The highest BCUT2D eigenvalue weighted by Crippen LogP contribution is 2.30. The van der Waals surface area contributed by atoms with Gasteiger partial charge in [0.1, 0.15) is 0 Å². The van der Waals surface area contributed by atoms with Crippen LogP contribution in [-0.4, -0.2) is 16.5 Å². The second-order valence-corrected chi connectivity index (χ2v) is 9.05. The molecule has 0 radical (unpaired) electrons. The quantitative estimate of drug-likeness (QED) is 0.366. The fourth-order valence-electron chi connectivity index (χ4n) is 2.44. The van der Waals surface area contributed by atoms with Crippen molar-refractivity contribution in [3.63, 3.8) is 0 Å². The van der Waals surface area contributed by atoms with Gasteiger partial charge in [-0.3, -0.25) is 0 Å². The Balaban J connectivity index is 2.57. The summed E-state index contributed by atoms with van der Waals surface area (Å²) in [7, 11) is 0. The van der Waals surface area contributed by atoms with Crippen LogP contribution in [0.15, 0.2) is 65.6 Å². The molecule has 0 heterocycles. The lowest BCUT2D eigenvalue weighted by atomic mass is 9.85. The number of thioether (sulfide) groups is 1. The van der Waals surface area contributed by atoms with Crippen molar-refractivity contribution >= 4 is 23.4 Å². The van der Waals surface area contributed by atoms with Gasteiger partial charge in [-0.1, -0.05) is 70.2 Å². The fraction of sp³-hybridized carbons (Fsp3) is 0.455. The summed E-state index contributed by atoms with van der Waals surface area (Å²) in [5.74, 6) is 0. The third-order valence-corrected chi connectivity index (χ3v) is 5.63. The number of benzene rings is 1. The van der Waals surface area contributed by atoms with E-state index in [2.05, 4.69) is 46.4 Å². The van der Waals surface area contributed by atoms with E-state index in [-0.39, 0.29) is 11.5 Å². The SMILES string of the molecule is C=C/C=C(\C=C/CC(O)CC(CC)Sc1ccc(Cl)cc1)C(C)(C)C. The maximum atomic E-state index is 10.4. The lowest BCUT2D eigenvalue weighted by molar-refractivity contribution is 0.166. The fourth-order valence-corrected chi connectivity index (χ4v) is 3.73. The highest BCUT2D eigenvalue weighted by molar-refractivity contribution is 8.00. The summed E-state index contributed by atoms with van der Waals surface area (Å²) in [5.41, 5.74) is 1.30. The number of aliphatic hydroxyl groups is 1. The Bertz CT molecular complexity index is 581. The Labute approximate surface area is 162 Å². The van der Waals surface area contributed by atoms with Gasteiger partial charge in [-0.15, -0.1) is 11.8 Å². The van der Waals surface area contributed by atoms with Gasteiger partial charge < -0.3 is 5.11 Å². The highest BCUT2D eigenvalue weighted by atomic mass is 35.5. The number of allylic oxidation sites excluding steroid dienone is 4. The molecule has 0 amide bonds. The third kappa shape index (κ3) is 8.80. The Morgan fingerprint density at radius 3 is 2.44 bits per heavy atom. The zero-order chi connectivity index (χ0) is 18.9. The Morgan fingerprint density at radius 2 is 1.92 bits per heavy atom. The van der Waals surface area contributed by atoms with Gasteiger partial charge in [-0.05, 0) is 54.5 Å². The predicted molar refractivity (Wildman–Crippen MR) is 114 cm³/mol. The average Bonchev–Trinajstić information content (AvgIpc) is 2.54. The molecule has 2 atom stereocenters. The van der Waals surface area contributed by atoms with Crippen LogP contribution >= 0.6 is 23.4 Å². The van der Waals surface area contributed by atoms with E-state index in [0.717, 1.165) is 17.9 Å². The lowest BCUT2D eigenvalue weighted by Gasteiger charge is -2.20. The number of rotatable bonds is 9. The summed E-state index contributed by atoms with van der Waals surface area (Å²) in [6.45, 7) is 12.5. The number of aliphatic hydroxyl groups excluding tert-OH is 1. The van der Waals surface area contributed by atoms with Crippen LogP contribution in [0.5, 0.6) is 0 Å². The first-order valence-corrected chi connectivity index (χ1v) is 10.1. The number of hydrogen-bond donors (Lipinski definition) is 1.